The predicted molar refractivity (Wildman–Crippen MR) is 76.2 cm³/mol. The van der Waals surface area contributed by atoms with Crippen LogP contribution in [0.2, 0.25) is 0 Å². The van der Waals surface area contributed by atoms with Gasteiger partial charge in [0.1, 0.15) is 5.75 Å². The number of nitrogens with two attached hydrogens (primary N) is 1. The van der Waals surface area contributed by atoms with Crippen molar-refractivity contribution in [2.24, 2.45) is 0 Å². The van der Waals surface area contributed by atoms with Gasteiger partial charge in [-0.1, -0.05) is 13.8 Å². The molecule has 1 aromatic rings. The molecule has 0 saturated heterocycles. The fourth-order valence-corrected chi connectivity index (χ4v) is 2.24. The van der Waals surface area contributed by atoms with E-state index in [4.69, 9.17) is 10.5 Å². The van der Waals surface area contributed by atoms with E-state index in [1.54, 1.807) is 7.11 Å². The van der Waals surface area contributed by atoms with Crippen LogP contribution in [0.5, 0.6) is 5.75 Å². The highest BCUT2D eigenvalue weighted by Gasteiger charge is 2.18. The van der Waals surface area contributed by atoms with Gasteiger partial charge in [0.05, 0.1) is 25.1 Å². The van der Waals surface area contributed by atoms with Crippen molar-refractivity contribution in [1.29, 1.82) is 0 Å². The molecule has 102 valence electrons. The average Bonchev–Trinajstić information content (AvgIpc) is 2.40. The molecule has 0 amide bonds. The van der Waals surface area contributed by atoms with E-state index >= 15 is 0 Å². The number of nitrogen functional groups attached to an aromatic ring is 1. The Morgan fingerprint density at radius 3 is 2.50 bits per heavy atom. The fourth-order valence-electron chi connectivity index (χ4n) is 2.24. The maximum Gasteiger partial charge on any atom is 0.121 e. The Morgan fingerprint density at radius 1 is 1.33 bits per heavy atom. The standard InChI is InChI=1S/C14H24N2O2/c1-4-11(5-2)16(8-9-17)14-10-12(18-3)6-7-13(14)15/h6-7,10-11,17H,4-5,8-9,15H2,1-3H3. The van der Waals surface area contributed by atoms with Crippen LogP contribution in [-0.2, 0) is 0 Å². The second-order valence-corrected chi connectivity index (χ2v) is 4.31. The van der Waals surface area contributed by atoms with Gasteiger partial charge in [-0.25, -0.2) is 0 Å². The number of ether oxygens (including phenoxy) is 1. The molecule has 0 bridgehead atoms. The van der Waals surface area contributed by atoms with Gasteiger partial charge in [0.15, 0.2) is 0 Å². The molecule has 0 fully saturated rings. The number of hydrogen-bond donors (Lipinski definition) is 2. The fraction of sp³-hybridized carbons (Fsp3) is 0.571. The van der Waals surface area contributed by atoms with Crippen molar-refractivity contribution in [3.05, 3.63) is 18.2 Å². The van der Waals surface area contributed by atoms with Crippen molar-refractivity contribution >= 4 is 11.4 Å². The molecule has 0 aliphatic carbocycles. The molecular weight excluding hydrogens is 228 g/mol. The molecular formula is C14H24N2O2. The van der Waals surface area contributed by atoms with Crippen molar-refractivity contribution in [3.8, 4) is 5.75 Å². The molecule has 4 nitrogen and oxygen atoms in total. The molecule has 1 rings (SSSR count). The van der Waals surface area contributed by atoms with Gasteiger partial charge in [0.2, 0.25) is 0 Å². The summed E-state index contributed by atoms with van der Waals surface area (Å²) >= 11 is 0. The molecule has 0 heterocycles. The van der Waals surface area contributed by atoms with Crippen LogP contribution < -0.4 is 15.4 Å². The number of methoxy groups -OCH3 is 1. The van der Waals surface area contributed by atoms with Crippen molar-refractivity contribution in [2.75, 3.05) is 30.9 Å². The highest BCUT2D eigenvalue weighted by Crippen LogP contribution is 2.30. The van der Waals surface area contributed by atoms with E-state index in [9.17, 15) is 5.11 Å². The minimum atomic E-state index is 0.118. The lowest BCUT2D eigenvalue weighted by molar-refractivity contribution is 0.296. The number of rotatable bonds is 7. The Morgan fingerprint density at radius 2 is 2.00 bits per heavy atom. The normalized spacial score (nSPS) is 10.7. The highest BCUT2D eigenvalue weighted by atomic mass is 16.5. The SMILES string of the molecule is CCC(CC)N(CCO)c1cc(OC)ccc1N. The van der Waals surface area contributed by atoms with E-state index in [0.29, 0.717) is 12.6 Å². The van der Waals surface area contributed by atoms with E-state index in [-0.39, 0.29) is 6.61 Å². The van der Waals surface area contributed by atoms with Crippen molar-refractivity contribution in [3.63, 3.8) is 0 Å². The molecule has 1 aromatic carbocycles. The lowest BCUT2D eigenvalue weighted by atomic mass is 10.1. The minimum Gasteiger partial charge on any atom is -0.497 e. The number of aliphatic hydroxyl groups is 1. The third-order valence-electron chi connectivity index (χ3n) is 3.27. The van der Waals surface area contributed by atoms with Crippen LogP contribution in [0.4, 0.5) is 11.4 Å². The Balaban J connectivity index is 3.10. The largest absolute Gasteiger partial charge is 0.497 e. The summed E-state index contributed by atoms with van der Waals surface area (Å²) < 4.78 is 5.24. The van der Waals surface area contributed by atoms with E-state index in [1.807, 2.05) is 18.2 Å². The quantitative estimate of drug-likeness (QED) is 0.731. The lowest BCUT2D eigenvalue weighted by Gasteiger charge is -2.33. The Hall–Kier alpha value is -1.42. The molecule has 0 saturated carbocycles. The molecule has 18 heavy (non-hydrogen) atoms. The number of benzene rings is 1. The van der Waals surface area contributed by atoms with Gasteiger partial charge in [-0.3, -0.25) is 0 Å². The van der Waals surface area contributed by atoms with E-state index < -0.39 is 0 Å². The van der Waals surface area contributed by atoms with Gasteiger partial charge in [-0.05, 0) is 25.0 Å². The Labute approximate surface area is 109 Å². The second kappa shape index (κ2) is 7.11. The lowest BCUT2D eigenvalue weighted by Crippen LogP contribution is -2.37. The number of hydrogen-bond acceptors (Lipinski definition) is 4. The first-order valence-electron chi connectivity index (χ1n) is 6.48. The minimum absolute atomic E-state index is 0.118. The van der Waals surface area contributed by atoms with E-state index in [2.05, 4.69) is 18.7 Å². The first kappa shape index (κ1) is 14.6. The Bertz CT molecular complexity index is 365. The summed E-state index contributed by atoms with van der Waals surface area (Å²) in [5, 5.41) is 9.24. The summed E-state index contributed by atoms with van der Waals surface area (Å²) in [5.74, 6) is 0.785. The summed E-state index contributed by atoms with van der Waals surface area (Å²) in [7, 11) is 1.64. The smallest absolute Gasteiger partial charge is 0.121 e. The molecule has 0 aromatic heterocycles. The predicted octanol–water partition coefficient (Wildman–Crippen LogP) is 2.26. The molecule has 0 aliphatic heterocycles. The van der Waals surface area contributed by atoms with Crippen LogP contribution in [0.25, 0.3) is 0 Å². The zero-order valence-electron chi connectivity index (χ0n) is 11.5. The van der Waals surface area contributed by atoms with Gasteiger partial charge in [0, 0.05) is 18.7 Å². The summed E-state index contributed by atoms with van der Waals surface area (Å²) in [4.78, 5) is 2.16. The zero-order valence-corrected chi connectivity index (χ0v) is 11.5. The summed E-state index contributed by atoms with van der Waals surface area (Å²) in [6, 6.07) is 6.01. The van der Waals surface area contributed by atoms with Gasteiger partial charge < -0.3 is 20.5 Å². The monoisotopic (exact) mass is 252 g/mol. The molecule has 0 spiro atoms. The highest BCUT2D eigenvalue weighted by molar-refractivity contribution is 5.70. The number of nitrogens with zero attached hydrogens (tertiary/aromatic N) is 1. The second-order valence-electron chi connectivity index (χ2n) is 4.31. The van der Waals surface area contributed by atoms with Crippen LogP contribution in [0, 0.1) is 0 Å². The molecule has 0 aliphatic rings. The zero-order chi connectivity index (χ0) is 13.5. The van der Waals surface area contributed by atoms with Gasteiger partial charge in [-0.2, -0.15) is 0 Å². The van der Waals surface area contributed by atoms with Gasteiger partial charge >= 0.3 is 0 Å². The van der Waals surface area contributed by atoms with Gasteiger partial charge in [0.25, 0.3) is 0 Å². The van der Waals surface area contributed by atoms with Crippen molar-refractivity contribution in [2.45, 2.75) is 32.7 Å². The van der Waals surface area contributed by atoms with E-state index in [1.165, 1.54) is 0 Å². The maximum atomic E-state index is 9.24. The van der Waals surface area contributed by atoms with Crippen LogP contribution in [0.3, 0.4) is 0 Å². The van der Waals surface area contributed by atoms with Crippen molar-refractivity contribution < 1.29 is 9.84 Å². The number of aliphatic hydroxyl groups excluding tert-OH is 1. The molecule has 0 atom stereocenters. The first-order valence-corrected chi connectivity index (χ1v) is 6.48. The summed E-state index contributed by atoms with van der Waals surface area (Å²) in [5.41, 5.74) is 7.70. The molecule has 0 radical (unpaired) electrons. The number of anilines is 2. The summed E-state index contributed by atoms with van der Waals surface area (Å²) in [6.45, 7) is 5.00. The molecule has 0 unspecified atom stereocenters. The van der Waals surface area contributed by atoms with Crippen LogP contribution in [0.15, 0.2) is 18.2 Å². The van der Waals surface area contributed by atoms with Crippen molar-refractivity contribution in [1.82, 2.24) is 0 Å². The summed E-state index contributed by atoms with van der Waals surface area (Å²) in [6.07, 6.45) is 2.04. The topological polar surface area (TPSA) is 58.7 Å². The third kappa shape index (κ3) is 3.29. The van der Waals surface area contributed by atoms with Crippen LogP contribution >= 0.6 is 0 Å². The third-order valence-corrected chi connectivity index (χ3v) is 3.27. The molecule has 4 heteroatoms. The molecule has 3 N–H and O–H groups in total. The van der Waals surface area contributed by atoms with E-state index in [0.717, 1.165) is 30.0 Å². The Kier molecular flexibility index (Phi) is 5.78. The van der Waals surface area contributed by atoms with Gasteiger partial charge in [-0.15, -0.1) is 0 Å². The first-order chi connectivity index (χ1) is 8.67. The average molecular weight is 252 g/mol. The maximum absolute atomic E-state index is 9.24. The van der Waals surface area contributed by atoms with Crippen LogP contribution in [-0.4, -0.2) is 31.4 Å². The van der Waals surface area contributed by atoms with Crippen LogP contribution in [0.1, 0.15) is 26.7 Å².